The molecule has 0 bridgehead atoms. The van der Waals surface area contributed by atoms with Crippen molar-refractivity contribution in [1.29, 1.82) is 0 Å². The molecule has 0 aliphatic carbocycles. The van der Waals surface area contributed by atoms with E-state index in [1.165, 1.54) is 12.8 Å². The Morgan fingerprint density at radius 1 is 1.08 bits per heavy atom. The van der Waals surface area contributed by atoms with Crippen molar-refractivity contribution >= 4 is 46.4 Å². The van der Waals surface area contributed by atoms with Crippen LogP contribution in [0.15, 0.2) is 0 Å². The standard InChI is InChI=1S/C9H16Cl4/c1-2-3-5-8(10)6-4-7-9(11,12)13/h8H,2-7H2,1H3. The molecule has 0 radical (unpaired) electrons. The Balaban J connectivity index is 3.31. The van der Waals surface area contributed by atoms with Crippen molar-refractivity contribution in [3.8, 4) is 0 Å². The van der Waals surface area contributed by atoms with E-state index in [0.29, 0.717) is 6.42 Å². The van der Waals surface area contributed by atoms with E-state index in [1.54, 1.807) is 0 Å². The van der Waals surface area contributed by atoms with Crippen LogP contribution in [-0.4, -0.2) is 9.17 Å². The summed E-state index contributed by atoms with van der Waals surface area (Å²) in [6.45, 7) is 2.16. The summed E-state index contributed by atoms with van der Waals surface area (Å²) in [5.41, 5.74) is 0. The molecule has 0 heterocycles. The second kappa shape index (κ2) is 7.45. The van der Waals surface area contributed by atoms with E-state index in [1.807, 2.05) is 0 Å². The summed E-state index contributed by atoms with van der Waals surface area (Å²) in [6.07, 6.45) is 5.85. The third-order valence-electron chi connectivity index (χ3n) is 1.85. The van der Waals surface area contributed by atoms with E-state index in [4.69, 9.17) is 46.4 Å². The molecule has 0 aliphatic heterocycles. The summed E-state index contributed by atoms with van der Waals surface area (Å²) < 4.78 is -1.11. The second-order valence-corrected chi connectivity index (χ2v) is 6.38. The summed E-state index contributed by atoms with van der Waals surface area (Å²) >= 11 is 22.9. The van der Waals surface area contributed by atoms with Gasteiger partial charge >= 0.3 is 0 Å². The first-order valence-electron chi connectivity index (χ1n) is 4.66. The number of hydrogen-bond acceptors (Lipinski definition) is 0. The lowest BCUT2D eigenvalue weighted by molar-refractivity contribution is 0.600. The molecule has 0 spiro atoms. The highest BCUT2D eigenvalue weighted by molar-refractivity contribution is 6.67. The van der Waals surface area contributed by atoms with Gasteiger partial charge < -0.3 is 0 Å². The summed E-state index contributed by atoms with van der Waals surface area (Å²) in [5, 5.41) is 0.243. The zero-order chi connectivity index (χ0) is 10.3. The van der Waals surface area contributed by atoms with Gasteiger partial charge in [-0.05, 0) is 25.7 Å². The molecule has 4 heteroatoms. The molecular weight excluding hydrogens is 250 g/mol. The number of rotatable bonds is 6. The van der Waals surface area contributed by atoms with E-state index in [0.717, 1.165) is 19.3 Å². The van der Waals surface area contributed by atoms with Crippen molar-refractivity contribution < 1.29 is 0 Å². The maximum atomic E-state index is 6.06. The van der Waals surface area contributed by atoms with Gasteiger partial charge in [-0.3, -0.25) is 0 Å². The molecule has 0 nitrogen and oxygen atoms in total. The van der Waals surface area contributed by atoms with E-state index in [2.05, 4.69) is 6.92 Å². The van der Waals surface area contributed by atoms with Gasteiger partial charge in [-0.25, -0.2) is 0 Å². The van der Waals surface area contributed by atoms with Crippen molar-refractivity contribution in [1.82, 2.24) is 0 Å². The second-order valence-electron chi connectivity index (χ2n) is 3.25. The number of hydrogen-bond donors (Lipinski definition) is 0. The molecule has 0 aliphatic rings. The molecule has 0 fully saturated rings. The van der Waals surface area contributed by atoms with Crippen LogP contribution < -0.4 is 0 Å². The molecule has 0 saturated heterocycles. The zero-order valence-corrected chi connectivity index (χ0v) is 10.9. The highest BCUT2D eigenvalue weighted by atomic mass is 35.6. The van der Waals surface area contributed by atoms with Crippen LogP contribution in [0.5, 0.6) is 0 Å². The average Bonchev–Trinajstić information content (AvgIpc) is 1.98. The molecule has 0 N–H and O–H groups in total. The zero-order valence-electron chi connectivity index (χ0n) is 7.83. The van der Waals surface area contributed by atoms with Gasteiger partial charge in [0.25, 0.3) is 0 Å². The summed E-state index contributed by atoms with van der Waals surface area (Å²) in [7, 11) is 0. The van der Waals surface area contributed by atoms with Gasteiger partial charge in [-0.15, -0.1) is 11.6 Å². The first-order valence-corrected chi connectivity index (χ1v) is 6.23. The Hall–Kier alpha value is 1.16. The molecule has 0 aromatic rings. The van der Waals surface area contributed by atoms with Crippen LogP contribution >= 0.6 is 46.4 Å². The van der Waals surface area contributed by atoms with Gasteiger partial charge in [0, 0.05) is 5.38 Å². The van der Waals surface area contributed by atoms with Gasteiger partial charge in [0.2, 0.25) is 0 Å². The largest absolute Gasteiger partial charge is 0.190 e. The summed E-state index contributed by atoms with van der Waals surface area (Å²) in [6, 6.07) is 0. The molecular formula is C9H16Cl4. The molecule has 0 aromatic carbocycles. The third-order valence-corrected chi connectivity index (χ3v) is 2.85. The predicted octanol–water partition coefficient (Wildman–Crippen LogP) is 5.32. The Kier molecular flexibility index (Phi) is 8.12. The smallest absolute Gasteiger partial charge is 0.123 e. The van der Waals surface area contributed by atoms with E-state index < -0.39 is 3.79 Å². The fraction of sp³-hybridized carbons (Fsp3) is 1.00. The molecule has 0 rings (SSSR count). The van der Waals surface area contributed by atoms with Gasteiger partial charge in [0.1, 0.15) is 0 Å². The highest BCUT2D eigenvalue weighted by Gasteiger charge is 2.19. The minimum absolute atomic E-state index is 0.243. The van der Waals surface area contributed by atoms with E-state index >= 15 is 0 Å². The number of halogens is 4. The Bertz CT molecular complexity index is 119. The van der Waals surface area contributed by atoms with Gasteiger partial charge in [-0.1, -0.05) is 54.6 Å². The van der Waals surface area contributed by atoms with Crippen molar-refractivity contribution in [3.05, 3.63) is 0 Å². The summed E-state index contributed by atoms with van der Waals surface area (Å²) in [4.78, 5) is 0. The van der Waals surface area contributed by atoms with Crippen LogP contribution in [0.1, 0.15) is 45.4 Å². The Morgan fingerprint density at radius 3 is 2.08 bits per heavy atom. The average molecular weight is 266 g/mol. The SMILES string of the molecule is CCCCC(Cl)CCCC(Cl)(Cl)Cl. The lowest BCUT2D eigenvalue weighted by Gasteiger charge is -2.12. The minimum atomic E-state index is -1.11. The molecule has 0 aromatic heterocycles. The fourth-order valence-electron chi connectivity index (χ4n) is 1.09. The number of alkyl halides is 4. The fourth-order valence-corrected chi connectivity index (χ4v) is 1.80. The monoisotopic (exact) mass is 264 g/mol. The normalized spacial score (nSPS) is 14.5. The van der Waals surface area contributed by atoms with Crippen LogP contribution in [0.25, 0.3) is 0 Å². The van der Waals surface area contributed by atoms with E-state index in [9.17, 15) is 0 Å². The first-order chi connectivity index (χ1) is 5.95. The molecule has 1 atom stereocenters. The quantitative estimate of drug-likeness (QED) is 0.570. The van der Waals surface area contributed by atoms with Gasteiger partial charge in [0.05, 0.1) is 0 Å². The third kappa shape index (κ3) is 11.1. The Morgan fingerprint density at radius 2 is 1.62 bits per heavy atom. The van der Waals surface area contributed by atoms with Crippen LogP contribution in [-0.2, 0) is 0 Å². The predicted molar refractivity (Wildman–Crippen MR) is 63.3 cm³/mol. The maximum Gasteiger partial charge on any atom is 0.190 e. The molecule has 13 heavy (non-hydrogen) atoms. The van der Waals surface area contributed by atoms with Crippen LogP contribution in [0.3, 0.4) is 0 Å². The molecule has 0 amide bonds. The molecule has 0 saturated carbocycles. The van der Waals surface area contributed by atoms with Gasteiger partial charge in [-0.2, -0.15) is 0 Å². The lowest BCUT2D eigenvalue weighted by atomic mass is 10.1. The van der Waals surface area contributed by atoms with Gasteiger partial charge in [0.15, 0.2) is 3.79 Å². The van der Waals surface area contributed by atoms with E-state index in [-0.39, 0.29) is 5.38 Å². The van der Waals surface area contributed by atoms with Crippen LogP contribution in [0.4, 0.5) is 0 Å². The van der Waals surface area contributed by atoms with Crippen molar-refractivity contribution in [3.63, 3.8) is 0 Å². The van der Waals surface area contributed by atoms with Crippen molar-refractivity contribution in [2.75, 3.05) is 0 Å². The molecule has 80 valence electrons. The highest BCUT2D eigenvalue weighted by Crippen LogP contribution is 2.32. The van der Waals surface area contributed by atoms with Crippen LogP contribution in [0.2, 0.25) is 0 Å². The minimum Gasteiger partial charge on any atom is -0.123 e. The summed E-state index contributed by atoms with van der Waals surface area (Å²) in [5.74, 6) is 0. The topological polar surface area (TPSA) is 0 Å². The molecule has 1 unspecified atom stereocenters. The van der Waals surface area contributed by atoms with Crippen LogP contribution in [0, 0.1) is 0 Å². The maximum absolute atomic E-state index is 6.06. The number of unbranched alkanes of at least 4 members (excludes halogenated alkanes) is 1. The lowest BCUT2D eigenvalue weighted by Crippen LogP contribution is -2.04. The van der Waals surface area contributed by atoms with Crippen molar-refractivity contribution in [2.24, 2.45) is 0 Å². The Labute approximate surface area is 101 Å². The first kappa shape index (κ1) is 14.2. The van der Waals surface area contributed by atoms with Crippen molar-refractivity contribution in [2.45, 2.75) is 54.6 Å².